The zero-order chi connectivity index (χ0) is 69.0. The van der Waals surface area contributed by atoms with Gasteiger partial charge in [-0.3, -0.25) is 9.36 Å². The first kappa shape index (κ1) is 91.4. The lowest BCUT2D eigenvalue weighted by molar-refractivity contribution is -0.870. The van der Waals surface area contributed by atoms with Crippen LogP contribution in [0.5, 0.6) is 0 Å². The van der Waals surface area contributed by atoms with Crippen LogP contribution in [0, 0.1) is 0 Å². The van der Waals surface area contributed by atoms with Gasteiger partial charge in [-0.1, -0.05) is 372 Å². The number of allylic oxidation sites excluding steroid dienone is 23. The molecule has 0 spiro atoms. The molecule has 3 atom stereocenters. The number of amides is 1. The monoisotopic (exact) mass is 1340 g/mol. The Morgan fingerprint density at radius 3 is 0.979 bits per heavy atom. The van der Waals surface area contributed by atoms with E-state index in [0.29, 0.717) is 17.4 Å². The highest BCUT2D eigenvalue weighted by Crippen LogP contribution is 2.38. The number of unbranched alkanes of at least 4 members (excludes halogenated alkanes) is 37. The summed E-state index contributed by atoms with van der Waals surface area (Å²) in [7, 11) is 1.23. The van der Waals surface area contributed by atoms with E-state index in [1.54, 1.807) is 6.08 Å². The van der Waals surface area contributed by atoms with Crippen molar-refractivity contribution in [3.63, 3.8) is 0 Å². The molecular weight excluding hydrogens is 1190 g/mol. The van der Waals surface area contributed by atoms with Gasteiger partial charge < -0.3 is 28.8 Å². The number of aliphatic hydroxyl groups is 1. The van der Waals surface area contributed by atoms with Gasteiger partial charge >= 0.3 is 0 Å². The summed E-state index contributed by atoms with van der Waals surface area (Å²) < 4.78 is 23.5. The summed E-state index contributed by atoms with van der Waals surface area (Å²) in [5.41, 5.74) is 0. The SMILES string of the molecule is CC/C=C\C/C=C\C/C=C\C/C=C\C/C=C\C/C=C\C/C=C\C/C=C\C/C=C\C/C=C\CCCCCCCCCCCCC(=O)NC(COP(=O)([O-])OCC[N+](C)(C)C)C(O)/C=C/CC/C=C/CCCCCCCCCCCCCCCCCCCCCCCCCCCC. The second kappa shape index (κ2) is 74.6. The van der Waals surface area contributed by atoms with E-state index in [9.17, 15) is 19.4 Å². The van der Waals surface area contributed by atoms with E-state index >= 15 is 0 Å². The highest BCUT2D eigenvalue weighted by atomic mass is 31.2. The van der Waals surface area contributed by atoms with E-state index in [0.717, 1.165) is 116 Å². The molecule has 0 aromatic heterocycles. The van der Waals surface area contributed by atoms with Gasteiger partial charge in [-0.05, 0) is 109 Å². The van der Waals surface area contributed by atoms with Gasteiger partial charge in [-0.2, -0.15) is 0 Å². The van der Waals surface area contributed by atoms with E-state index in [2.05, 4.69) is 153 Å². The Labute approximate surface area is 589 Å². The van der Waals surface area contributed by atoms with E-state index in [1.165, 1.54) is 205 Å². The number of likely N-dealkylation sites (N-methyl/N-ethyl adjacent to an activating group) is 1. The Hall–Kier alpha value is -3.62. The Kier molecular flexibility index (Phi) is 71.8. The molecule has 9 heteroatoms. The van der Waals surface area contributed by atoms with Gasteiger partial charge in [0.15, 0.2) is 0 Å². The summed E-state index contributed by atoms with van der Waals surface area (Å²) in [5.74, 6) is -0.214. The molecule has 0 aromatic carbocycles. The van der Waals surface area contributed by atoms with Crippen molar-refractivity contribution in [1.29, 1.82) is 0 Å². The molecule has 0 saturated carbocycles. The van der Waals surface area contributed by atoms with Crippen molar-refractivity contribution in [2.75, 3.05) is 40.9 Å². The molecule has 8 nitrogen and oxygen atoms in total. The smallest absolute Gasteiger partial charge is 0.268 e. The minimum absolute atomic E-state index is 0.0132. The van der Waals surface area contributed by atoms with Crippen LogP contribution in [0.15, 0.2) is 146 Å². The first-order valence-corrected chi connectivity index (χ1v) is 41.2. The quantitative estimate of drug-likeness (QED) is 0.0272. The van der Waals surface area contributed by atoms with Gasteiger partial charge in [0.1, 0.15) is 13.2 Å². The second-order valence-electron chi connectivity index (χ2n) is 27.7. The van der Waals surface area contributed by atoms with Gasteiger partial charge in [0.25, 0.3) is 7.82 Å². The van der Waals surface area contributed by atoms with Crippen LogP contribution in [0.1, 0.15) is 341 Å². The van der Waals surface area contributed by atoms with E-state index in [4.69, 9.17) is 9.05 Å². The number of carbonyl (C=O) groups excluding carboxylic acids is 1. The largest absolute Gasteiger partial charge is 0.756 e. The van der Waals surface area contributed by atoms with Crippen molar-refractivity contribution < 1.29 is 32.9 Å². The predicted octanol–water partition coefficient (Wildman–Crippen LogP) is 25.6. The van der Waals surface area contributed by atoms with Crippen LogP contribution in [0.4, 0.5) is 0 Å². The molecule has 95 heavy (non-hydrogen) atoms. The molecule has 0 heterocycles. The molecule has 2 N–H and O–H groups in total. The topological polar surface area (TPSA) is 108 Å². The summed E-state index contributed by atoms with van der Waals surface area (Å²) in [6.45, 7) is 4.54. The molecule has 0 rings (SSSR count). The average molecular weight is 1340 g/mol. The lowest BCUT2D eigenvalue weighted by atomic mass is 10.0. The van der Waals surface area contributed by atoms with Crippen LogP contribution in [0.3, 0.4) is 0 Å². The summed E-state index contributed by atoms with van der Waals surface area (Å²) in [6, 6.07) is -0.918. The van der Waals surface area contributed by atoms with Crippen LogP contribution < -0.4 is 10.2 Å². The molecule has 546 valence electrons. The first-order valence-electron chi connectivity index (χ1n) is 39.7. The third-order valence-electron chi connectivity index (χ3n) is 17.3. The van der Waals surface area contributed by atoms with E-state index in [1.807, 2.05) is 27.2 Å². The lowest BCUT2D eigenvalue weighted by Crippen LogP contribution is -2.45. The fraction of sp³-hybridized carbons (Fsp3) is 0.709. The molecule has 0 fully saturated rings. The highest BCUT2D eigenvalue weighted by molar-refractivity contribution is 7.45. The van der Waals surface area contributed by atoms with Crippen LogP contribution in [-0.4, -0.2) is 68.5 Å². The summed E-state index contributed by atoms with van der Waals surface area (Å²) in [5, 5.41) is 14.0. The van der Waals surface area contributed by atoms with E-state index in [-0.39, 0.29) is 12.5 Å². The van der Waals surface area contributed by atoms with Crippen molar-refractivity contribution in [1.82, 2.24) is 5.32 Å². The molecule has 3 unspecified atom stereocenters. The van der Waals surface area contributed by atoms with Gasteiger partial charge in [-0.15, -0.1) is 0 Å². The number of hydrogen-bond donors (Lipinski definition) is 2. The number of phosphoric acid groups is 1. The fourth-order valence-electron chi connectivity index (χ4n) is 11.2. The van der Waals surface area contributed by atoms with Crippen LogP contribution in [-0.2, 0) is 18.4 Å². The lowest BCUT2D eigenvalue weighted by Gasteiger charge is -2.29. The van der Waals surface area contributed by atoms with Crippen molar-refractivity contribution in [3.8, 4) is 0 Å². The zero-order valence-corrected chi connectivity index (χ0v) is 63.5. The number of quaternary nitrogens is 1. The Bertz CT molecular complexity index is 2070. The summed E-state index contributed by atoms with van der Waals surface area (Å²) in [4.78, 5) is 25.7. The maximum atomic E-state index is 13.1. The maximum absolute atomic E-state index is 13.1. The number of carbonyl (C=O) groups is 1. The average Bonchev–Trinajstić information content (AvgIpc) is 2.01. The van der Waals surface area contributed by atoms with Gasteiger partial charge in [0, 0.05) is 6.42 Å². The Morgan fingerprint density at radius 2 is 0.653 bits per heavy atom. The Morgan fingerprint density at radius 1 is 0.379 bits per heavy atom. The zero-order valence-electron chi connectivity index (χ0n) is 62.6. The standard InChI is InChI=1S/C86H151N2O6P/c1-6-8-10-12-14-16-18-20-22-24-26-28-30-32-34-36-38-40-41-42-43-44-45-46-47-48-50-52-54-56-58-60-62-64-66-68-70-72-74-76-78-80-86(90)87-84(83-94-95(91,92)93-82-81-88(3,4)5)85(89)79-77-75-73-71-69-67-65-63-61-59-57-55-53-51-49-39-37-35-33-31-29-27-25-23-21-19-17-15-13-11-9-7-2/h8,10,14,16,20,22,26,28,32,34,38,40,42-43,45-46,48,50,54,56,69,71,77,79,84-85,89H,6-7,9,11-13,15,17-19,21,23-25,27,29-31,33,35-37,39,41,44,47,49,51-53,55,57-68,70,72-76,78,80-83H2,1-5H3,(H-,87,90,91,92)/b10-8-,16-14-,22-20-,28-26-,34-32-,40-38-,43-42-,46-45-,50-48-,56-54-,71-69+,79-77+. The molecule has 0 bridgehead atoms. The van der Waals surface area contributed by atoms with Crippen LogP contribution in [0.2, 0.25) is 0 Å². The molecule has 0 aromatic rings. The van der Waals surface area contributed by atoms with Crippen LogP contribution in [0.25, 0.3) is 0 Å². The number of nitrogens with zero attached hydrogens (tertiary/aromatic N) is 1. The van der Waals surface area contributed by atoms with Crippen molar-refractivity contribution in [2.45, 2.75) is 353 Å². The molecule has 1 amide bonds. The van der Waals surface area contributed by atoms with Gasteiger partial charge in [0.2, 0.25) is 5.91 Å². The molecule has 0 saturated heterocycles. The van der Waals surface area contributed by atoms with Crippen molar-refractivity contribution >= 4 is 13.7 Å². The molecule has 0 aliphatic rings. The van der Waals surface area contributed by atoms with Crippen molar-refractivity contribution in [3.05, 3.63) is 146 Å². The molecular formula is C86H151N2O6P. The number of aliphatic hydroxyl groups excluding tert-OH is 1. The molecule has 0 aliphatic heterocycles. The summed E-state index contributed by atoms with van der Waals surface area (Å²) >= 11 is 0. The van der Waals surface area contributed by atoms with E-state index < -0.39 is 26.6 Å². The second-order valence-corrected chi connectivity index (χ2v) is 29.1. The fourth-order valence-corrected chi connectivity index (χ4v) is 11.9. The minimum atomic E-state index is -4.63. The first-order chi connectivity index (χ1) is 46.5. The van der Waals surface area contributed by atoms with Gasteiger partial charge in [0.05, 0.1) is 39.9 Å². The highest BCUT2D eigenvalue weighted by Gasteiger charge is 2.23. The summed E-state index contributed by atoms with van der Waals surface area (Å²) in [6.07, 6.45) is 114. The number of rotatable bonds is 72. The van der Waals surface area contributed by atoms with Gasteiger partial charge in [-0.25, -0.2) is 0 Å². The normalized spacial score (nSPS) is 14.3. The maximum Gasteiger partial charge on any atom is 0.268 e. The minimum Gasteiger partial charge on any atom is -0.756 e. The third kappa shape index (κ3) is 77.6. The predicted molar refractivity (Wildman–Crippen MR) is 417 cm³/mol. The third-order valence-corrected chi connectivity index (χ3v) is 18.2. The Balaban J connectivity index is 4.10. The number of nitrogens with one attached hydrogen (secondary N) is 1. The number of phosphoric ester groups is 1. The van der Waals surface area contributed by atoms with Crippen molar-refractivity contribution in [2.24, 2.45) is 0 Å². The number of hydrogen-bond acceptors (Lipinski definition) is 6. The van der Waals surface area contributed by atoms with Crippen LogP contribution >= 0.6 is 7.82 Å². The molecule has 0 aliphatic carbocycles. The molecule has 0 radical (unpaired) electrons.